The van der Waals surface area contributed by atoms with E-state index in [4.69, 9.17) is 5.41 Å². The highest BCUT2D eigenvalue weighted by atomic mass is 32.2. The summed E-state index contributed by atoms with van der Waals surface area (Å²) in [5.74, 6) is -0.807. The van der Waals surface area contributed by atoms with Crippen LogP contribution in [0.25, 0.3) is 0 Å². The summed E-state index contributed by atoms with van der Waals surface area (Å²) in [7, 11) is -3.64. The van der Waals surface area contributed by atoms with E-state index in [9.17, 15) is 13.5 Å². The monoisotopic (exact) mass is 289 g/mol. The van der Waals surface area contributed by atoms with Gasteiger partial charge in [0.25, 0.3) is 10.0 Å². The van der Waals surface area contributed by atoms with E-state index in [0.717, 1.165) is 5.56 Å². The first-order valence-electron chi connectivity index (χ1n) is 5.84. The van der Waals surface area contributed by atoms with E-state index < -0.39 is 15.9 Å². The predicted octanol–water partition coefficient (Wildman–Crippen LogP) is 1.48. The van der Waals surface area contributed by atoms with Gasteiger partial charge in [0.15, 0.2) is 0 Å². The fourth-order valence-electron chi connectivity index (χ4n) is 1.62. The molecule has 5 nitrogen and oxygen atoms in total. The Balaban J connectivity index is 2.24. The van der Waals surface area contributed by atoms with Crippen LogP contribution in [0.5, 0.6) is 0 Å². The Labute approximate surface area is 117 Å². The molecule has 0 amide bonds. The average Bonchev–Trinajstić information content (AvgIpc) is 2.39. The van der Waals surface area contributed by atoms with Crippen LogP contribution >= 0.6 is 0 Å². The third-order valence-electron chi connectivity index (χ3n) is 2.73. The number of sulfonamides is 1. The molecule has 0 heterocycles. The van der Waals surface area contributed by atoms with Crippen molar-refractivity contribution in [3.63, 3.8) is 0 Å². The molecule has 20 heavy (non-hydrogen) atoms. The van der Waals surface area contributed by atoms with E-state index in [0.29, 0.717) is 5.69 Å². The lowest BCUT2D eigenvalue weighted by Crippen LogP contribution is -2.17. The highest BCUT2D eigenvalue weighted by Gasteiger charge is 2.13. The summed E-state index contributed by atoms with van der Waals surface area (Å²) in [6.45, 7) is 1.88. The molecular weight excluding hydrogens is 276 g/mol. The molecule has 2 aromatic rings. The van der Waals surface area contributed by atoms with E-state index in [1.807, 2.05) is 6.92 Å². The molecule has 0 aliphatic carbocycles. The molecule has 0 spiro atoms. The fourth-order valence-corrected chi connectivity index (χ4v) is 2.68. The van der Waals surface area contributed by atoms with Crippen LogP contribution in [0.4, 0.5) is 5.69 Å². The number of hydrogen-bond acceptors (Lipinski definition) is 4. The molecule has 2 aromatic carbocycles. The maximum atomic E-state index is 12.1. The first kappa shape index (κ1) is 14.1. The van der Waals surface area contributed by atoms with Crippen molar-refractivity contribution in [2.45, 2.75) is 11.8 Å². The standard InChI is InChI=1S/C14H14N2O3S/c1-10-2-8-13(9-3-10)20(18,19)16-12-6-4-11(5-7-12)14(15)17/h2-9,16H,1H3,(H2,15,17)/p-1. The van der Waals surface area contributed by atoms with E-state index in [-0.39, 0.29) is 10.5 Å². The Morgan fingerprint density at radius 1 is 1.05 bits per heavy atom. The minimum atomic E-state index is -3.64. The van der Waals surface area contributed by atoms with Gasteiger partial charge < -0.3 is 10.5 Å². The minimum Gasteiger partial charge on any atom is -0.859 e. The molecule has 0 aliphatic rings. The smallest absolute Gasteiger partial charge is 0.261 e. The number of aryl methyl sites for hydroxylation is 1. The third kappa shape index (κ3) is 3.16. The zero-order valence-electron chi connectivity index (χ0n) is 10.8. The summed E-state index contributed by atoms with van der Waals surface area (Å²) in [6.07, 6.45) is 0. The Morgan fingerprint density at radius 2 is 1.60 bits per heavy atom. The second-order valence-electron chi connectivity index (χ2n) is 4.33. The van der Waals surface area contributed by atoms with Crippen molar-refractivity contribution in [2.75, 3.05) is 4.72 Å². The molecule has 0 bridgehead atoms. The van der Waals surface area contributed by atoms with Crippen LogP contribution in [0.3, 0.4) is 0 Å². The molecule has 0 atom stereocenters. The van der Waals surface area contributed by atoms with Crippen LogP contribution in [0, 0.1) is 12.3 Å². The van der Waals surface area contributed by atoms with Crippen molar-refractivity contribution in [2.24, 2.45) is 0 Å². The van der Waals surface area contributed by atoms with Crippen molar-refractivity contribution in [1.82, 2.24) is 0 Å². The summed E-state index contributed by atoms with van der Waals surface area (Å²) < 4.78 is 26.7. The quantitative estimate of drug-likeness (QED) is 0.659. The third-order valence-corrected chi connectivity index (χ3v) is 4.13. The zero-order chi connectivity index (χ0) is 14.8. The molecule has 0 unspecified atom stereocenters. The lowest BCUT2D eigenvalue weighted by atomic mass is 10.2. The summed E-state index contributed by atoms with van der Waals surface area (Å²) in [5.41, 5.74) is 1.53. The van der Waals surface area contributed by atoms with Gasteiger partial charge >= 0.3 is 0 Å². The lowest BCUT2D eigenvalue weighted by molar-refractivity contribution is -0.214. The number of rotatable bonds is 4. The Bertz CT molecular complexity index is 720. The highest BCUT2D eigenvalue weighted by molar-refractivity contribution is 7.92. The summed E-state index contributed by atoms with van der Waals surface area (Å²) in [6, 6.07) is 12.2. The molecule has 0 aromatic heterocycles. The van der Waals surface area contributed by atoms with Gasteiger partial charge in [0, 0.05) is 5.69 Å². The molecule has 6 heteroatoms. The molecule has 0 saturated heterocycles. The van der Waals surface area contributed by atoms with Crippen molar-refractivity contribution < 1.29 is 13.5 Å². The summed E-state index contributed by atoms with van der Waals surface area (Å²) in [4.78, 5) is 0.170. The average molecular weight is 289 g/mol. The second kappa shape index (κ2) is 5.34. The van der Waals surface area contributed by atoms with Gasteiger partial charge in [-0.3, -0.25) is 4.72 Å². The van der Waals surface area contributed by atoms with Crippen molar-refractivity contribution in [3.05, 3.63) is 59.7 Å². The maximum Gasteiger partial charge on any atom is 0.261 e. The van der Waals surface area contributed by atoms with Gasteiger partial charge in [0.1, 0.15) is 0 Å². The molecule has 0 radical (unpaired) electrons. The van der Waals surface area contributed by atoms with Crippen LogP contribution in [0.2, 0.25) is 0 Å². The van der Waals surface area contributed by atoms with Crippen molar-refractivity contribution in [3.8, 4) is 0 Å². The van der Waals surface area contributed by atoms with Gasteiger partial charge in [-0.05, 0) is 42.7 Å². The number of nitrogens with one attached hydrogen (secondary N) is 2. The maximum absolute atomic E-state index is 12.1. The summed E-state index contributed by atoms with van der Waals surface area (Å²) >= 11 is 0. The SMILES string of the molecule is Cc1ccc(S(=O)(=O)Nc2ccc(C(=N)[O-])cc2)cc1. The second-order valence-corrected chi connectivity index (χ2v) is 6.01. The van der Waals surface area contributed by atoms with E-state index >= 15 is 0 Å². The van der Waals surface area contributed by atoms with Gasteiger partial charge in [-0.15, -0.1) is 0 Å². The van der Waals surface area contributed by atoms with Gasteiger partial charge in [-0.1, -0.05) is 29.8 Å². The number of benzene rings is 2. The highest BCUT2D eigenvalue weighted by Crippen LogP contribution is 2.17. The normalized spacial score (nSPS) is 11.1. The molecular formula is C14H13N2O3S-. The van der Waals surface area contributed by atoms with Crippen LogP contribution in [-0.4, -0.2) is 14.3 Å². The fraction of sp³-hybridized carbons (Fsp3) is 0.0714. The van der Waals surface area contributed by atoms with E-state index in [2.05, 4.69) is 4.72 Å². The molecule has 2 N–H and O–H groups in total. The molecule has 0 saturated carbocycles. The van der Waals surface area contributed by atoms with Gasteiger partial charge in [-0.2, -0.15) is 0 Å². The van der Waals surface area contributed by atoms with Crippen LogP contribution in [-0.2, 0) is 10.0 Å². The zero-order valence-corrected chi connectivity index (χ0v) is 11.6. The first-order valence-corrected chi connectivity index (χ1v) is 7.32. The minimum absolute atomic E-state index is 0.170. The van der Waals surface area contributed by atoms with Gasteiger partial charge in [-0.25, -0.2) is 8.42 Å². The van der Waals surface area contributed by atoms with Crippen molar-refractivity contribution >= 4 is 21.6 Å². The number of hydrogen-bond donors (Lipinski definition) is 2. The van der Waals surface area contributed by atoms with Crippen LogP contribution < -0.4 is 9.83 Å². The Hall–Kier alpha value is -2.34. The Kier molecular flexibility index (Phi) is 3.76. The molecule has 0 fully saturated rings. The lowest BCUT2D eigenvalue weighted by Gasteiger charge is -2.10. The van der Waals surface area contributed by atoms with E-state index in [1.165, 1.54) is 36.4 Å². The predicted molar refractivity (Wildman–Crippen MR) is 75.3 cm³/mol. The van der Waals surface area contributed by atoms with E-state index in [1.54, 1.807) is 12.1 Å². The topological polar surface area (TPSA) is 93.1 Å². The molecule has 104 valence electrons. The van der Waals surface area contributed by atoms with Gasteiger partial charge in [0.05, 0.1) is 4.90 Å². The molecule has 0 aliphatic heterocycles. The summed E-state index contributed by atoms with van der Waals surface area (Å²) in [5, 5.41) is 17.8. The first-order chi connectivity index (χ1) is 9.38. The van der Waals surface area contributed by atoms with Crippen LogP contribution in [0.15, 0.2) is 53.4 Å². The largest absolute Gasteiger partial charge is 0.859 e. The molecule has 2 rings (SSSR count). The van der Waals surface area contributed by atoms with Gasteiger partial charge in [0.2, 0.25) is 0 Å². The number of anilines is 1. The van der Waals surface area contributed by atoms with Crippen molar-refractivity contribution in [1.29, 1.82) is 5.41 Å². The Morgan fingerprint density at radius 3 is 2.10 bits per heavy atom. The van der Waals surface area contributed by atoms with Crippen LogP contribution in [0.1, 0.15) is 11.1 Å².